The highest BCUT2D eigenvalue weighted by atomic mass is 16.5. The molecule has 2 aromatic carbocycles. The lowest BCUT2D eigenvalue weighted by Crippen LogP contribution is -2.29. The largest absolute Gasteiger partial charge is 0.449 e. The highest BCUT2D eigenvalue weighted by molar-refractivity contribution is 5.96. The summed E-state index contributed by atoms with van der Waals surface area (Å²) in [5.74, 6) is -0.978. The number of aryl methyl sites for hydroxylation is 2. The van der Waals surface area contributed by atoms with E-state index in [4.69, 9.17) is 4.74 Å². The first-order valence-electron chi connectivity index (χ1n) is 11.2. The molecule has 1 atom stereocenters. The van der Waals surface area contributed by atoms with E-state index in [1.54, 1.807) is 13.0 Å². The molecule has 1 aromatic heterocycles. The number of rotatable bonds is 8. The number of nitrogens with one attached hydrogen (secondary N) is 1. The van der Waals surface area contributed by atoms with Crippen molar-refractivity contribution in [3.8, 4) is 0 Å². The number of hydrogen-bond acceptors (Lipinski definition) is 5. The number of carbonyl (C=O) groups excluding carboxylic acids is 2. The van der Waals surface area contributed by atoms with Gasteiger partial charge in [0.15, 0.2) is 6.10 Å². The maximum absolute atomic E-state index is 12.4. The van der Waals surface area contributed by atoms with E-state index in [1.165, 1.54) is 11.6 Å². The first-order valence-corrected chi connectivity index (χ1v) is 11.2. The average molecular weight is 461 g/mol. The summed E-state index contributed by atoms with van der Waals surface area (Å²) in [6.45, 7) is 8.13. The Bertz CT molecular complexity index is 1180. The summed E-state index contributed by atoms with van der Waals surface area (Å²) in [5, 5.41) is 7.37. The number of anilines is 2. The van der Waals surface area contributed by atoms with Crippen LogP contribution in [0.4, 0.5) is 11.4 Å². The number of carbonyl (C=O) groups is 2. The van der Waals surface area contributed by atoms with Gasteiger partial charge in [-0.1, -0.05) is 29.8 Å². The third-order valence-corrected chi connectivity index (χ3v) is 5.59. The van der Waals surface area contributed by atoms with Crippen LogP contribution in [0.25, 0.3) is 6.08 Å². The van der Waals surface area contributed by atoms with Crippen LogP contribution in [0.1, 0.15) is 35.0 Å². The number of benzene rings is 2. The van der Waals surface area contributed by atoms with Crippen molar-refractivity contribution >= 4 is 29.3 Å². The van der Waals surface area contributed by atoms with Crippen LogP contribution in [-0.4, -0.2) is 41.9 Å². The summed E-state index contributed by atoms with van der Waals surface area (Å²) in [4.78, 5) is 26.7. The Morgan fingerprint density at radius 1 is 1.06 bits per heavy atom. The summed E-state index contributed by atoms with van der Waals surface area (Å²) < 4.78 is 7.21. The number of amides is 1. The predicted octanol–water partition coefficient (Wildman–Crippen LogP) is 4.51. The van der Waals surface area contributed by atoms with E-state index >= 15 is 0 Å². The topological polar surface area (TPSA) is 76.5 Å². The third kappa shape index (κ3) is 6.34. The molecule has 0 radical (unpaired) electrons. The van der Waals surface area contributed by atoms with Gasteiger partial charge in [0, 0.05) is 42.8 Å². The van der Waals surface area contributed by atoms with Crippen molar-refractivity contribution in [2.24, 2.45) is 0 Å². The second kappa shape index (κ2) is 10.8. The van der Waals surface area contributed by atoms with Crippen molar-refractivity contribution in [2.45, 2.75) is 40.3 Å². The molecule has 34 heavy (non-hydrogen) atoms. The minimum absolute atomic E-state index is 0.391. The van der Waals surface area contributed by atoms with Crippen molar-refractivity contribution < 1.29 is 14.3 Å². The fourth-order valence-electron chi connectivity index (χ4n) is 3.48. The monoisotopic (exact) mass is 460 g/mol. The van der Waals surface area contributed by atoms with Crippen LogP contribution in [0, 0.1) is 20.8 Å². The summed E-state index contributed by atoms with van der Waals surface area (Å²) >= 11 is 0. The number of hydrogen-bond donors (Lipinski definition) is 1. The van der Waals surface area contributed by atoms with Crippen molar-refractivity contribution in [2.75, 3.05) is 24.3 Å². The molecule has 0 saturated carbocycles. The normalized spacial score (nSPS) is 11.9. The lowest BCUT2D eigenvalue weighted by Gasteiger charge is -2.15. The van der Waals surface area contributed by atoms with Crippen molar-refractivity contribution in [3.05, 3.63) is 82.7 Å². The SMILES string of the molecule is Cc1ccc(Cn2nc(C)c(/C=C/C(=O)OC(C)C(=O)Nc3ccc(N(C)C)cc3)c2C)cc1. The van der Waals surface area contributed by atoms with Gasteiger partial charge in [0.25, 0.3) is 5.91 Å². The summed E-state index contributed by atoms with van der Waals surface area (Å²) in [5.41, 5.74) is 6.67. The van der Waals surface area contributed by atoms with E-state index in [2.05, 4.69) is 41.6 Å². The van der Waals surface area contributed by atoms with Crippen LogP contribution in [0.3, 0.4) is 0 Å². The predicted molar refractivity (Wildman–Crippen MR) is 136 cm³/mol. The van der Waals surface area contributed by atoms with Crippen molar-refractivity contribution in [3.63, 3.8) is 0 Å². The van der Waals surface area contributed by atoms with E-state index in [1.807, 2.05) is 61.8 Å². The molecule has 1 amide bonds. The summed E-state index contributed by atoms with van der Waals surface area (Å²) in [7, 11) is 3.89. The first-order chi connectivity index (χ1) is 16.1. The maximum atomic E-state index is 12.4. The smallest absolute Gasteiger partial charge is 0.331 e. The Labute approximate surface area is 201 Å². The molecule has 3 aromatic rings. The van der Waals surface area contributed by atoms with Crippen molar-refractivity contribution in [1.29, 1.82) is 0 Å². The molecule has 0 aliphatic heterocycles. The third-order valence-electron chi connectivity index (χ3n) is 5.59. The first kappa shape index (κ1) is 24.8. The van der Waals surface area contributed by atoms with Crippen LogP contribution >= 0.6 is 0 Å². The highest BCUT2D eigenvalue weighted by Crippen LogP contribution is 2.18. The maximum Gasteiger partial charge on any atom is 0.331 e. The van der Waals surface area contributed by atoms with E-state index < -0.39 is 18.0 Å². The van der Waals surface area contributed by atoms with Crippen LogP contribution in [0.15, 0.2) is 54.6 Å². The molecule has 3 rings (SSSR count). The van der Waals surface area contributed by atoms with E-state index in [9.17, 15) is 9.59 Å². The van der Waals surface area contributed by atoms with E-state index in [0.717, 1.165) is 28.2 Å². The zero-order valence-electron chi connectivity index (χ0n) is 20.6. The summed E-state index contributed by atoms with van der Waals surface area (Å²) in [6, 6.07) is 15.7. The molecular formula is C27H32N4O3. The lowest BCUT2D eigenvalue weighted by molar-refractivity contribution is -0.148. The van der Waals surface area contributed by atoms with Crippen LogP contribution in [0.2, 0.25) is 0 Å². The molecular weight excluding hydrogens is 428 g/mol. The molecule has 0 fully saturated rings. The number of nitrogens with zero attached hydrogens (tertiary/aromatic N) is 3. The van der Waals surface area contributed by atoms with Gasteiger partial charge in [0.2, 0.25) is 0 Å². The average Bonchev–Trinajstić information content (AvgIpc) is 3.06. The van der Waals surface area contributed by atoms with Crippen molar-refractivity contribution in [1.82, 2.24) is 9.78 Å². The highest BCUT2D eigenvalue weighted by Gasteiger charge is 2.17. The Morgan fingerprint density at radius 3 is 2.32 bits per heavy atom. The Balaban J connectivity index is 1.59. The second-order valence-electron chi connectivity index (χ2n) is 8.57. The molecule has 1 unspecified atom stereocenters. The van der Waals surface area contributed by atoms with Gasteiger partial charge >= 0.3 is 5.97 Å². The zero-order chi connectivity index (χ0) is 24.8. The molecule has 1 N–H and O–H groups in total. The van der Waals surface area contributed by atoms with Crippen LogP contribution < -0.4 is 10.2 Å². The van der Waals surface area contributed by atoms with Crippen LogP contribution in [0.5, 0.6) is 0 Å². The second-order valence-corrected chi connectivity index (χ2v) is 8.57. The lowest BCUT2D eigenvalue weighted by atomic mass is 10.1. The molecule has 7 heteroatoms. The van der Waals surface area contributed by atoms with Gasteiger partial charge in [0.05, 0.1) is 12.2 Å². The Hall–Kier alpha value is -3.87. The minimum Gasteiger partial charge on any atom is -0.449 e. The summed E-state index contributed by atoms with van der Waals surface area (Å²) in [6.07, 6.45) is 2.09. The van der Waals surface area contributed by atoms with Gasteiger partial charge in [-0.2, -0.15) is 5.10 Å². The molecule has 0 bridgehead atoms. The van der Waals surface area contributed by atoms with Gasteiger partial charge in [-0.05, 0) is 63.6 Å². The van der Waals surface area contributed by atoms with Gasteiger partial charge in [0.1, 0.15) is 0 Å². The zero-order valence-corrected chi connectivity index (χ0v) is 20.6. The van der Waals surface area contributed by atoms with Gasteiger partial charge < -0.3 is 15.0 Å². The van der Waals surface area contributed by atoms with Gasteiger partial charge in [-0.15, -0.1) is 0 Å². The fourth-order valence-corrected chi connectivity index (χ4v) is 3.48. The number of ether oxygens (including phenoxy) is 1. The molecule has 0 spiro atoms. The van der Waals surface area contributed by atoms with E-state index in [0.29, 0.717) is 12.2 Å². The fraction of sp³-hybridized carbons (Fsp3) is 0.296. The molecule has 0 aliphatic carbocycles. The number of esters is 1. The van der Waals surface area contributed by atoms with Gasteiger partial charge in [-0.3, -0.25) is 9.48 Å². The molecule has 1 heterocycles. The molecule has 0 aliphatic rings. The Morgan fingerprint density at radius 2 is 1.71 bits per heavy atom. The molecule has 178 valence electrons. The standard InChI is InChI=1S/C27H32N4O3/c1-18-7-9-22(10-8-18)17-31-20(3)25(19(2)29-31)15-16-26(32)34-21(4)27(33)28-23-11-13-24(14-12-23)30(5)6/h7-16,21H,17H2,1-6H3,(H,28,33)/b16-15+. The minimum atomic E-state index is -0.933. The quantitative estimate of drug-likeness (QED) is 0.395. The van der Waals surface area contributed by atoms with E-state index in [-0.39, 0.29) is 0 Å². The molecule has 7 nitrogen and oxygen atoms in total. The van der Waals surface area contributed by atoms with Crippen LogP contribution in [-0.2, 0) is 20.9 Å². The Kier molecular flexibility index (Phi) is 7.89. The molecule has 0 saturated heterocycles. The number of aromatic nitrogens is 2. The van der Waals surface area contributed by atoms with Gasteiger partial charge in [-0.25, -0.2) is 4.79 Å².